The molecular weight excluding hydrogens is 324 g/mol. The molecule has 2 aromatic carbocycles. The minimum absolute atomic E-state index is 0.000276. The molecule has 3 nitrogen and oxygen atoms in total. The van der Waals surface area contributed by atoms with E-state index in [4.69, 9.17) is 21.1 Å². The molecule has 0 fully saturated rings. The Morgan fingerprint density at radius 1 is 1.00 bits per heavy atom. The van der Waals surface area contributed by atoms with Crippen LogP contribution in [0, 0.1) is 0 Å². The van der Waals surface area contributed by atoms with Gasteiger partial charge in [-0.3, -0.25) is 4.79 Å². The Bertz CT molecular complexity index is 586. The van der Waals surface area contributed by atoms with Crippen molar-refractivity contribution >= 4 is 17.4 Å². The highest BCUT2D eigenvalue weighted by Gasteiger charge is 2.09. The number of carbonyl (C=O) groups is 1. The number of halogens is 1. The molecule has 2 aromatic rings. The molecule has 0 spiro atoms. The average Bonchev–Trinajstić information content (AvgIpc) is 2.65. The fourth-order valence-electron chi connectivity index (χ4n) is 2.28. The highest BCUT2D eigenvalue weighted by molar-refractivity contribution is 6.18. The third-order valence-corrected chi connectivity index (χ3v) is 3.99. The molecule has 0 bridgehead atoms. The zero-order chi connectivity index (χ0) is 17.0. The van der Waals surface area contributed by atoms with Gasteiger partial charge in [-0.05, 0) is 18.4 Å². The van der Waals surface area contributed by atoms with Crippen LogP contribution in [0.2, 0.25) is 0 Å². The van der Waals surface area contributed by atoms with Crippen LogP contribution in [-0.4, -0.2) is 31.0 Å². The van der Waals surface area contributed by atoms with Crippen molar-refractivity contribution in [2.75, 3.05) is 19.1 Å². The average molecular weight is 347 g/mol. The number of benzene rings is 2. The van der Waals surface area contributed by atoms with Crippen molar-refractivity contribution in [1.29, 1.82) is 0 Å². The molecule has 0 amide bonds. The molecule has 0 radical (unpaired) electrons. The Balaban J connectivity index is 1.59. The topological polar surface area (TPSA) is 35.5 Å². The summed E-state index contributed by atoms with van der Waals surface area (Å²) in [5.41, 5.74) is 1.82. The van der Waals surface area contributed by atoms with Gasteiger partial charge in [0.25, 0.3) is 0 Å². The van der Waals surface area contributed by atoms with Crippen LogP contribution < -0.4 is 0 Å². The first-order chi connectivity index (χ1) is 11.8. The van der Waals surface area contributed by atoms with Crippen molar-refractivity contribution in [2.45, 2.75) is 25.6 Å². The second kappa shape index (κ2) is 11.0. The summed E-state index contributed by atoms with van der Waals surface area (Å²) < 4.78 is 11.3. The Morgan fingerprint density at radius 2 is 1.67 bits per heavy atom. The van der Waals surface area contributed by atoms with Crippen molar-refractivity contribution < 1.29 is 14.3 Å². The molecule has 128 valence electrons. The second-order valence-electron chi connectivity index (χ2n) is 5.56. The summed E-state index contributed by atoms with van der Waals surface area (Å²) in [7, 11) is 0. The lowest BCUT2D eigenvalue weighted by molar-refractivity contribution is 0.0395. The maximum atomic E-state index is 11.9. The Morgan fingerprint density at radius 3 is 2.33 bits per heavy atom. The number of Topliss-reactive ketones (excluding diaryl/α,β-unsaturated/α-hetero) is 1. The number of hydrogen-bond acceptors (Lipinski definition) is 3. The fourth-order valence-corrected chi connectivity index (χ4v) is 2.52. The maximum absolute atomic E-state index is 11.9. The van der Waals surface area contributed by atoms with Gasteiger partial charge in [0.05, 0.1) is 12.7 Å². The lowest BCUT2D eigenvalue weighted by Crippen LogP contribution is -2.16. The highest BCUT2D eigenvalue weighted by atomic mass is 35.5. The van der Waals surface area contributed by atoms with Crippen LogP contribution in [0.3, 0.4) is 0 Å². The van der Waals surface area contributed by atoms with Crippen LogP contribution in [0.4, 0.5) is 0 Å². The summed E-state index contributed by atoms with van der Waals surface area (Å²) in [4.78, 5) is 11.9. The Labute approximate surface area is 148 Å². The molecule has 24 heavy (non-hydrogen) atoms. The smallest absolute Gasteiger partial charge is 0.188 e. The molecule has 0 aliphatic rings. The van der Waals surface area contributed by atoms with E-state index in [1.165, 1.54) is 0 Å². The normalized spacial score (nSPS) is 12.0. The summed E-state index contributed by atoms with van der Waals surface area (Å²) in [6.45, 7) is 1.20. The van der Waals surface area contributed by atoms with Crippen LogP contribution in [0.5, 0.6) is 0 Å². The van der Waals surface area contributed by atoms with E-state index in [-0.39, 0.29) is 18.5 Å². The summed E-state index contributed by atoms with van der Waals surface area (Å²) >= 11 is 5.96. The van der Waals surface area contributed by atoms with Crippen LogP contribution in [0.15, 0.2) is 60.7 Å². The van der Waals surface area contributed by atoms with Crippen molar-refractivity contribution in [2.24, 2.45) is 0 Å². The number of alkyl halides is 1. The van der Waals surface area contributed by atoms with E-state index in [0.717, 1.165) is 18.4 Å². The predicted octanol–water partition coefficient (Wildman–Crippen LogP) is 4.49. The van der Waals surface area contributed by atoms with E-state index in [2.05, 4.69) is 0 Å². The molecule has 1 unspecified atom stereocenters. The predicted molar refractivity (Wildman–Crippen MR) is 96.6 cm³/mol. The molecule has 0 saturated carbocycles. The third kappa shape index (κ3) is 6.83. The number of ketones is 1. The van der Waals surface area contributed by atoms with Gasteiger partial charge in [0, 0.05) is 18.1 Å². The van der Waals surface area contributed by atoms with Gasteiger partial charge in [0.15, 0.2) is 5.78 Å². The van der Waals surface area contributed by atoms with Gasteiger partial charge in [-0.2, -0.15) is 0 Å². The third-order valence-electron chi connectivity index (χ3n) is 3.64. The molecule has 0 aromatic heterocycles. The first kappa shape index (κ1) is 18.7. The lowest BCUT2D eigenvalue weighted by Gasteiger charge is -2.15. The molecule has 1 atom stereocenters. The maximum Gasteiger partial charge on any atom is 0.188 e. The van der Waals surface area contributed by atoms with Crippen LogP contribution >= 0.6 is 11.6 Å². The van der Waals surface area contributed by atoms with Crippen LogP contribution in [0.25, 0.3) is 0 Å². The van der Waals surface area contributed by atoms with E-state index in [0.29, 0.717) is 24.7 Å². The molecule has 0 N–H and O–H groups in total. The van der Waals surface area contributed by atoms with Crippen molar-refractivity contribution in [3.05, 3.63) is 71.8 Å². The van der Waals surface area contributed by atoms with Gasteiger partial charge in [-0.25, -0.2) is 0 Å². The van der Waals surface area contributed by atoms with Gasteiger partial charge >= 0.3 is 0 Å². The summed E-state index contributed by atoms with van der Waals surface area (Å²) in [5, 5.41) is 0. The van der Waals surface area contributed by atoms with Crippen molar-refractivity contribution in [1.82, 2.24) is 0 Å². The van der Waals surface area contributed by atoms with E-state index in [1.54, 1.807) is 12.1 Å². The van der Waals surface area contributed by atoms with Crippen LogP contribution in [-0.2, 0) is 16.1 Å². The number of rotatable bonds is 11. The monoisotopic (exact) mass is 346 g/mol. The molecule has 0 saturated heterocycles. The minimum atomic E-state index is 0.000276. The van der Waals surface area contributed by atoms with Gasteiger partial charge in [0.1, 0.15) is 6.61 Å². The largest absolute Gasteiger partial charge is 0.373 e. The van der Waals surface area contributed by atoms with Crippen LogP contribution in [0.1, 0.15) is 28.8 Å². The van der Waals surface area contributed by atoms with Gasteiger partial charge < -0.3 is 9.47 Å². The number of carbonyl (C=O) groups excluding carboxylic acids is 1. The highest BCUT2D eigenvalue weighted by Crippen LogP contribution is 2.10. The molecule has 0 aliphatic heterocycles. The Kier molecular flexibility index (Phi) is 8.53. The molecule has 0 aliphatic carbocycles. The summed E-state index contributed by atoms with van der Waals surface area (Å²) in [6, 6.07) is 19.2. The summed E-state index contributed by atoms with van der Waals surface area (Å²) in [6.07, 6.45) is 1.63. The van der Waals surface area contributed by atoms with E-state index < -0.39 is 0 Å². The molecule has 2 rings (SSSR count). The van der Waals surface area contributed by atoms with E-state index in [9.17, 15) is 4.79 Å². The number of ether oxygens (including phenoxy) is 2. The lowest BCUT2D eigenvalue weighted by atomic mass is 10.1. The number of hydrogen-bond donors (Lipinski definition) is 0. The first-order valence-corrected chi connectivity index (χ1v) is 8.70. The second-order valence-corrected chi connectivity index (χ2v) is 5.87. The molecule has 0 heterocycles. The quantitative estimate of drug-likeness (QED) is 0.341. The molecule has 4 heteroatoms. The van der Waals surface area contributed by atoms with E-state index in [1.807, 2.05) is 48.5 Å². The van der Waals surface area contributed by atoms with Crippen molar-refractivity contribution in [3.63, 3.8) is 0 Å². The zero-order valence-corrected chi connectivity index (χ0v) is 14.5. The standard InChI is InChI=1S/C20H23ClO3/c21-14-19(24-15-17-8-3-1-4-9-17)12-7-13-23-16-20(22)18-10-5-2-6-11-18/h1-6,8-11,19H,7,12-16H2. The minimum Gasteiger partial charge on any atom is -0.373 e. The van der Waals surface area contributed by atoms with Gasteiger partial charge in [-0.1, -0.05) is 60.7 Å². The van der Waals surface area contributed by atoms with Crippen molar-refractivity contribution in [3.8, 4) is 0 Å². The summed E-state index contributed by atoms with van der Waals surface area (Å²) in [5.74, 6) is 0.459. The Hall–Kier alpha value is -1.68. The van der Waals surface area contributed by atoms with Gasteiger partial charge in [-0.15, -0.1) is 11.6 Å². The zero-order valence-electron chi connectivity index (χ0n) is 13.7. The van der Waals surface area contributed by atoms with Gasteiger partial charge in [0.2, 0.25) is 0 Å². The van der Waals surface area contributed by atoms with E-state index >= 15 is 0 Å². The molecular formula is C20H23ClO3. The fraction of sp³-hybridized carbons (Fsp3) is 0.350. The SMILES string of the molecule is O=C(COCCCC(CCl)OCc1ccccc1)c1ccccc1. The first-order valence-electron chi connectivity index (χ1n) is 8.17.